The first-order valence-electron chi connectivity index (χ1n) is 5.52. The molecular weight excluding hydrogens is 326 g/mol. The molecule has 0 bridgehead atoms. The fourth-order valence-corrected chi connectivity index (χ4v) is 2.91. The highest BCUT2D eigenvalue weighted by Gasteiger charge is 2.18. The van der Waals surface area contributed by atoms with Crippen LogP contribution in [0.4, 0.5) is 14.5 Å². The highest BCUT2D eigenvalue weighted by molar-refractivity contribution is 7.92. The highest BCUT2D eigenvalue weighted by atomic mass is 35.5. The van der Waals surface area contributed by atoms with Crippen molar-refractivity contribution in [3.63, 3.8) is 0 Å². The first kappa shape index (κ1) is 15.5. The van der Waals surface area contributed by atoms with Gasteiger partial charge in [0.15, 0.2) is 0 Å². The summed E-state index contributed by atoms with van der Waals surface area (Å²) in [5.41, 5.74) is -0.469. The zero-order valence-electron chi connectivity index (χ0n) is 10.6. The number of nitrogens with one attached hydrogen (secondary N) is 1. The molecule has 0 amide bonds. The Balaban J connectivity index is 2.36. The third-order valence-electron chi connectivity index (χ3n) is 2.49. The molecule has 1 heterocycles. The van der Waals surface area contributed by atoms with Crippen molar-refractivity contribution in [2.24, 2.45) is 0 Å². The molecular formula is C12H9ClF2N2O3S. The first-order valence-corrected chi connectivity index (χ1v) is 7.38. The lowest BCUT2D eigenvalue weighted by Crippen LogP contribution is -2.14. The largest absolute Gasteiger partial charge is 0.495 e. The van der Waals surface area contributed by atoms with Crippen LogP contribution in [0.25, 0.3) is 0 Å². The van der Waals surface area contributed by atoms with E-state index < -0.39 is 27.6 Å². The van der Waals surface area contributed by atoms with Crippen molar-refractivity contribution >= 4 is 27.3 Å². The standard InChI is InChI=1S/C12H9ClF2N2O3S/c1-20-10-4-2-7(6-8(10)13)21(18,19)17-9-3-5-11(14)16-12(9)15/h2-6,17H,1H3. The zero-order valence-corrected chi connectivity index (χ0v) is 12.2. The number of methoxy groups -OCH3 is 1. The van der Waals surface area contributed by atoms with Gasteiger partial charge in [0.05, 0.1) is 17.0 Å². The monoisotopic (exact) mass is 334 g/mol. The molecule has 2 aromatic rings. The van der Waals surface area contributed by atoms with Crippen LogP contribution in [-0.4, -0.2) is 20.5 Å². The number of sulfonamides is 1. The number of pyridine rings is 1. The number of ether oxygens (including phenoxy) is 1. The quantitative estimate of drug-likeness (QED) is 0.873. The molecule has 0 aliphatic rings. The van der Waals surface area contributed by atoms with E-state index >= 15 is 0 Å². The van der Waals surface area contributed by atoms with E-state index in [4.69, 9.17) is 16.3 Å². The smallest absolute Gasteiger partial charge is 0.262 e. The normalized spacial score (nSPS) is 11.2. The molecule has 1 N–H and O–H groups in total. The summed E-state index contributed by atoms with van der Waals surface area (Å²) in [6.07, 6.45) is 0. The molecule has 0 unspecified atom stereocenters. The third-order valence-corrected chi connectivity index (χ3v) is 4.15. The molecule has 112 valence electrons. The molecule has 0 aliphatic heterocycles. The molecule has 0 saturated carbocycles. The molecule has 21 heavy (non-hydrogen) atoms. The number of halogens is 3. The minimum absolute atomic E-state index is 0.0816. The van der Waals surface area contributed by atoms with Crippen LogP contribution in [0.2, 0.25) is 5.02 Å². The summed E-state index contributed by atoms with van der Waals surface area (Å²) in [4.78, 5) is 2.69. The van der Waals surface area contributed by atoms with Gasteiger partial charge in [0.25, 0.3) is 10.0 Å². The van der Waals surface area contributed by atoms with Crippen molar-refractivity contribution in [2.45, 2.75) is 4.90 Å². The molecule has 5 nitrogen and oxygen atoms in total. The molecule has 0 atom stereocenters. The molecule has 2 rings (SSSR count). The molecule has 1 aromatic carbocycles. The van der Waals surface area contributed by atoms with Gasteiger partial charge in [0.2, 0.25) is 11.9 Å². The Morgan fingerprint density at radius 2 is 1.95 bits per heavy atom. The Kier molecular flexibility index (Phi) is 4.29. The number of nitrogens with zero attached hydrogens (tertiary/aromatic N) is 1. The Bertz CT molecular complexity index is 784. The molecule has 0 spiro atoms. The number of hydrogen-bond donors (Lipinski definition) is 1. The maximum absolute atomic E-state index is 13.4. The Morgan fingerprint density at radius 3 is 2.52 bits per heavy atom. The maximum Gasteiger partial charge on any atom is 0.262 e. The van der Waals surface area contributed by atoms with Crippen molar-refractivity contribution in [1.82, 2.24) is 4.98 Å². The average molecular weight is 335 g/mol. The number of hydrogen-bond acceptors (Lipinski definition) is 4. The van der Waals surface area contributed by atoms with Crippen LogP contribution >= 0.6 is 11.6 Å². The fraction of sp³-hybridized carbons (Fsp3) is 0.0833. The van der Waals surface area contributed by atoms with Gasteiger partial charge in [-0.2, -0.15) is 13.8 Å². The summed E-state index contributed by atoms with van der Waals surface area (Å²) in [6.45, 7) is 0. The number of rotatable bonds is 4. The van der Waals surface area contributed by atoms with Crippen molar-refractivity contribution < 1.29 is 21.9 Å². The summed E-state index contributed by atoms with van der Waals surface area (Å²) >= 11 is 5.84. The van der Waals surface area contributed by atoms with E-state index in [-0.39, 0.29) is 9.92 Å². The fourth-order valence-electron chi connectivity index (χ4n) is 1.51. The van der Waals surface area contributed by atoms with Gasteiger partial charge in [0.1, 0.15) is 11.4 Å². The van der Waals surface area contributed by atoms with Gasteiger partial charge in [-0.05, 0) is 30.3 Å². The Labute approximate surface area is 124 Å². The lowest BCUT2D eigenvalue weighted by atomic mass is 10.3. The Morgan fingerprint density at radius 1 is 1.24 bits per heavy atom. The minimum Gasteiger partial charge on any atom is -0.495 e. The first-order chi connectivity index (χ1) is 9.83. The SMILES string of the molecule is COc1ccc(S(=O)(=O)Nc2ccc(F)nc2F)cc1Cl. The average Bonchev–Trinajstić information content (AvgIpc) is 2.42. The van der Waals surface area contributed by atoms with E-state index in [1.54, 1.807) is 0 Å². The second kappa shape index (κ2) is 5.82. The van der Waals surface area contributed by atoms with Crippen LogP contribution in [0.3, 0.4) is 0 Å². The topological polar surface area (TPSA) is 68.3 Å². The summed E-state index contributed by atoms with van der Waals surface area (Å²) in [7, 11) is -2.71. The number of anilines is 1. The lowest BCUT2D eigenvalue weighted by Gasteiger charge is -2.10. The molecule has 9 heteroatoms. The predicted octanol–water partition coefficient (Wildman–Crippen LogP) is 2.82. The third kappa shape index (κ3) is 3.40. The van der Waals surface area contributed by atoms with Crippen LogP contribution in [0, 0.1) is 11.9 Å². The van der Waals surface area contributed by atoms with Gasteiger partial charge in [-0.3, -0.25) is 4.72 Å². The van der Waals surface area contributed by atoms with Crippen LogP contribution < -0.4 is 9.46 Å². The van der Waals surface area contributed by atoms with Crippen LogP contribution in [0.1, 0.15) is 0 Å². The van der Waals surface area contributed by atoms with Gasteiger partial charge >= 0.3 is 0 Å². The second-order valence-corrected chi connectivity index (χ2v) is 5.96. The van der Waals surface area contributed by atoms with Crippen molar-refractivity contribution in [3.8, 4) is 5.75 Å². The van der Waals surface area contributed by atoms with Crippen LogP contribution in [-0.2, 0) is 10.0 Å². The van der Waals surface area contributed by atoms with Gasteiger partial charge < -0.3 is 4.74 Å². The molecule has 0 radical (unpaired) electrons. The highest BCUT2D eigenvalue weighted by Crippen LogP contribution is 2.28. The zero-order chi connectivity index (χ0) is 15.6. The molecule has 0 saturated heterocycles. The second-order valence-electron chi connectivity index (χ2n) is 3.87. The van der Waals surface area contributed by atoms with Gasteiger partial charge in [-0.25, -0.2) is 8.42 Å². The van der Waals surface area contributed by atoms with E-state index in [1.165, 1.54) is 19.2 Å². The van der Waals surface area contributed by atoms with E-state index in [1.807, 2.05) is 4.72 Å². The molecule has 0 aliphatic carbocycles. The summed E-state index contributed by atoms with van der Waals surface area (Å²) in [5, 5.41) is 0.0816. The van der Waals surface area contributed by atoms with E-state index in [0.29, 0.717) is 5.75 Å². The molecule has 0 fully saturated rings. The van der Waals surface area contributed by atoms with Gasteiger partial charge in [-0.15, -0.1) is 0 Å². The summed E-state index contributed by atoms with van der Waals surface area (Å²) in [5.74, 6) is -2.02. The number of benzene rings is 1. The van der Waals surface area contributed by atoms with E-state index in [9.17, 15) is 17.2 Å². The van der Waals surface area contributed by atoms with Crippen LogP contribution in [0.15, 0.2) is 35.2 Å². The lowest BCUT2D eigenvalue weighted by molar-refractivity contribution is 0.414. The van der Waals surface area contributed by atoms with Crippen LogP contribution in [0.5, 0.6) is 5.75 Å². The van der Waals surface area contributed by atoms with Crippen molar-refractivity contribution in [1.29, 1.82) is 0 Å². The molecule has 1 aromatic heterocycles. The number of aromatic nitrogens is 1. The van der Waals surface area contributed by atoms with Gasteiger partial charge in [-0.1, -0.05) is 11.6 Å². The van der Waals surface area contributed by atoms with Gasteiger partial charge in [0, 0.05) is 0 Å². The van der Waals surface area contributed by atoms with E-state index in [2.05, 4.69) is 4.98 Å². The summed E-state index contributed by atoms with van der Waals surface area (Å²) in [6, 6.07) is 5.51. The van der Waals surface area contributed by atoms with Crippen molar-refractivity contribution in [2.75, 3.05) is 11.8 Å². The maximum atomic E-state index is 13.4. The predicted molar refractivity (Wildman–Crippen MR) is 73.0 cm³/mol. The Hall–Kier alpha value is -1.93. The minimum atomic E-state index is -4.09. The summed E-state index contributed by atoms with van der Waals surface area (Å²) < 4.78 is 57.1. The van der Waals surface area contributed by atoms with Crippen molar-refractivity contribution in [3.05, 3.63) is 47.2 Å². The van der Waals surface area contributed by atoms with E-state index in [0.717, 1.165) is 18.2 Å².